The van der Waals surface area contributed by atoms with Crippen LogP contribution in [-0.4, -0.2) is 42.1 Å². The normalized spacial score (nSPS) is 17.2. The maximum Gasteiger partial charge on any atom is 0.265 e. The first kappa shape index (κ1) is 17.0. The first-order chi connectivity index (χ1) is 11.6. The van der Waals surface area contributed by atoms with E-state index in [4.69, 9.17) is 4.74 Å². The Morgan fingerprint density at radius 1 is 1.42 bits per heavy atom. The lowest BCUT2D eigenvalue weighted by Crippen LogP contribution is -2.35. The van der Waals surface area contributed by atoms with Crippen LogP contribution in [0.4, 0.5) is 4.39 Å². The molecular formula is C18H21FN2O2S. The van der Waals surface area contributed by atoms with Crippen molar-refractivity contribution >= 4 is 17.2 Å². The molecule has 3 rings (SSSR count). The molecule has 24 heavy (non-hydrogen) atoms. The fraction of sp³-hybridized carbons (Fsp3) is 0.444. The van der Waals surface area contributed by atoms with Crippen molar-refractivity contribution in [3.05, 3.63) is 40.7 Å². The van der Waals surface area contributed by atoms with E-state index in [0.717, 1.165) is 42.4 Å². The molecule has 1 saturated heterocycles. The summed E-state index contributed by atoms with van der Waals surface area (Å²) in [5.74, 6) is 0.158. The number of carbonyl (C=O) groups is 1. The van der Waals surface area contributed by atoms with Gasteiger partial charge in [0.1, 0.15) is 15.7 Å². The second-order valence-electron chi connectivity index (χ2n) is 6.01. The lowest BCUT2D eigenvalue weighted by molar-refractivity contribution is 0.0734. The number of hydrogen-bond acceptors (Lipinski definition) is 4. The molecule has 0 bridgehead atoms. The van der Waals surface area contributed by atoms with Crippen LogP contribution >= 0.6 is 11.3 Å². The minimum atomic E-state index is -0.278. The fourth-order valence-corrected chi connectivity index (χ4v) is 3.89. The summed E-state index contributed by atoms with van der Waals surface area (Å²) < 4.78 is 18.5. The Bertz CT molecular complexity index is 708. The molecule has 1 aromatic heterocycles. The van der Waals surface area contributed by atoms with Crippen LogP contribution in [-0.2, 0) is 4.74 Å². The zero-order chi connectivity index (χ0) is 17.1. The summed E-state index contributed by atoms with van der Waals surface area (Å²) in [6.07, 6.45) is 1.01. The van der Waals surface area contributed by atoms with Gasteiger partial charge in [-0.25, -0.2) is 9.37 Å². The topological polar surface area (TPSA) is 42.4 Å². The molecule has 1 aromatic carbocycles. The first-order valence-electron chi connectivity index (χ1n) is 8.19. The van der Waals surface area contributed by atoms with Gasteiger partial charge < -0.3 is 9.64 Å². The molecule has 2 aromatic rings. The number of aromatic nitrogens is 1. The van der Waals surface area contributed by atoms with Crippen LogP contribution < -0.4 is 0 Å². The number of halogens is 1. The summed E-state index contributed by atoms with van der Waals surface area (Å²) in [5, 5.41) is 0.746. The highest BCUT2D eigenvalue weighted by Crippen LogP contribution is 2.29. The standard InChI is InChI=1S/C18H21FN2O2S/c1-3-21(10-13-8-9-23-11-13)18(22)16-12(2)20-17(24-16)14-4-6-15(19)7-5-14/h4-7,13H,3,8-11H2,1-2H3/t13-/m1/s1. The minimum Gasteiger partial charge on any atom is -0.381 e. The largest absolute Gasteiger partial charge is 0.381 e. The van der Waals surface area contributed by atoms with Crippen molar-refractivity contribution < 1.29 is 13.9 Å². The lowest BCUT2D eigenvalue weighted by atomic mass is 10.1. The number of carbonyl (C=O) groups excluding carboxylic acids is 1. The maximum atomic E-state index is 13.1. The van der Waals surface area contributed by atoms with Crippen molar-refractivity contribution in [3.63, 3.8) is 0 Å². The third kappa shape index (κ3) is 3.65. The highest BCUT2D eigenvalue weighted by Gasteiger charge is 2.25. The van der Waals surface area contributed by atoms with Crippen molar-refractivity contribution in [3.8, 4) is 10.6 Å². The van der Waals surface area contributed by atoms with E-state index in [2.05, 4.69) is 4.98 Å². The van der Waals surface area contributed by atoms with Crippen molar-refractivity contribution in [2.24, 2.45) is 5.92 Å². The molecule has 0 unspecified atom stereocenters. The molecule has 6 heteroatoms. The van der Waals surface area contributed by atoms with Crippen LogP contribution in [0.25, 0.3) is 10.6 Å². The van der Waals surface area contributed by atoms with Crippen molar-refractivity contribution in [2.45, 2.75) is 20.3 Å². The fourth-order valence-electron chi connectivity index (χ4n) is 2.85. The first-order valence-corrected chi connectivity index (χ1v) is 9.00. The predicted molar refractivity (Wildman–Crippen MR) is 92.7 cm³/mol. The molecule has 1 aliphatic heterocycles. The second kappa shape index (κ2) is 7.40. The van der Waals surface area contributed by atoms with E-state index < -0.39 is 0 Å². The van der Waals surface area contributed by atoms with Crippen LogP contribution in [0, 0.1) is 18.7 Å². The highest BCUT2D eigenvalue weighted by atomic mass is 32.1. The number of hydrogen-bond donors (Lipinski definition) is 0. The SMILES string of the molecule is CCN(C[C@H]1CCOC1)C(=O)c1sc(-c2ccc(F)cc2)nc1C. The van der Waals surface area contributed by atoms with Gasteiger partial charge in [0.25, 0.3) is 5.91 Å². The minimum absolute atomic E-state index is 0.0211. The van der Waals surface area contributed by atoms with E-state index in [0.29, 0.717) is 17.3 Å². The monoisotopic (exact) mass is 348 g/mol. The van der Waals surface area contributed by atoms with E-state index in [9.17, 15) is 9.18 Å². The summed E-state index contributed by atoms with van der Waals surface area (Å²) in [4.78, 5) is 19.9. The Morgan fingerprint density at radius 2 is 2.17 bits per heavy atom. The number of thiazole rings is 1. The Labute approximate surface area is 145 Å². The number of ether oxygens (including phenoxy) is 1. The third-order valence-electron chi connectivity index (χ3n) is 4.25. The molecule has 0 radical (unpaired) electrons. The number of amides is 1. The van der Waals surface area contributed by atoms with Gasteiger partial charge in [0.2, 0.25) is 0 Å². The number of nitrogens with zero attached hydrogens (tertiary/aromatic N) is 2. The summed E-state index contributed by atoms with van der Waals surface area (Å²) in [6.45, 7) is 6.74. The van der Waals surface area contributed by atoms with Crippen LogP contribution in [0.1, 0.15) is 28.7 Å². The average molecular weight is 348 g/mol. The number of rotatable bonds is 5. The van der Waals surface area contributed by atoms with Gasteiger partial charge in [-0.2, -0.15) is 0 Å². The third-order valence-corrected chi connectivity index (χ3v) is 5.45. The predicted octanol–water partition coefficient (Wildman–Crippen LogP) is 3.76. The number of aryl methyl sites for hydroxylation is 1. The van der Waals surface area contributed by atoms with Crippen molar-refractivity contribution in [2.75, 3.05) is 26.3 Å². The van der Waals surface area contributed by atoms with Crippen LogP contribution in [0.3, 0.4) is 0 Å². The van der Waals surface area contributed by atoms with Gasteiger partial charge in [-0.15, -0.1) is 11.3 Å². The second-order valence-corrected chi connectivity index (χ2v) is 7.01. The van der Waals surface area contributed by atoms with Gasteiger partial charge in [-0.1, -0.05) is 0 Å². The summed E-state index contributed by atoms with van der Waals surface area (Å²) in [6, 6.07) is 6.20. The molecule has 0 N–H and O–H groups in total. The Balaban J connectivity index is 1.79. The summed E-state index contributed by atoms with van der Waals surface area (Å²) in [5.41, 5.74) is 1.56. The zero-order valence-corrected chi connectivity index (χ0v) is 14.7. The van der Waals surface area contributed by atoms with E-state index >= 15 is 0 Å². The highest BCUT2D eigenvalue weighted by molar-refractivity contribution is 7.17. The smallest absolute Gasteiger partial charge is 0.265 e. The summed E-state index contributed by atoms with van der Waals surface area (Å²) >= 11 is 1.37. The van der Waals surface area contributed by atoms with Crippen LogP contribution in [0.5, 0.6) is 0 Å². The number of benzene rings is 1. The molecule has 0 saturated carbocycles. The summed E-state index contributed by atoms with van der Waals surface area (Å²) in [7, 11) is 0. The van der Waals surface area contributed by atoms with Crippen LogP contribution in [0.2, 0.25) is 0 Å². The van der Waals surface area contributed by atoms with Crippen molar-refractivity contribution in [1.82, 2.24) is 9.88 Å². The molecular weight excluding hydrogens is 327 g/mol. The molecule has 1 aliphatic rings. The van der Waals surface area contributed by atoms with Gasteiger partial charge in [-0.05, 0) is 44.5 Å². The molecule has 0 spiro atoms. The Morgan fingerprint density at radius 3 is 2.79 bits per heavy atom. The maximum absolute atomic E-state index is 13.1. The lowest BCUT2D eigenvalue weighted by Gasteiger charge is -2.23. The molecule has 1 fully saturated rings. The zero-order valence-electron chi connectivity index (χ0n) is 13.9. The average Bonchev–Trinajstić information content (AvgIpc) is 3.22. The van der Waals surface area contributed by atoms with Gasteiger partial charge in [0.05, 0.1) is 12.3 Å². The van der Waals surface area contributed by atoms with E-state index in [-0.39, 0.29) is 11.7 Å². The van der Waals surface area contributed by atoms with Gasteiger partial charge in [0.15, 0.2) is 0 Å². The van der Waals surface area contributed by atoms with E-state index in [1.165, 1.54) is 23.5 Å². The van der Waals surface area contributed by atoms with Crippen molar-refractivity contribution in [1.29, 1.82) is 0 Å². The molecule has 2 heterocycles. The van der Waals surface area contributed by atoms with Gasteiger partial charge in [-0.3, -0.25) is 4.79 Å². The Kier molecular flexibility index (Phi) is 5.26. The molecule has 128 valence electrons. The molecule has 4 nitrogen and oxygen atoms in total. The quantitative estimate of drug-likeness (QED) is 0.826. The Hall–Kier alpha value is -1.79. The van der Waals surface area contributed by atoms with Crippen LogP contribution in [0.15, 0.2) is 24.3 Å². The van der Waals surface area contributed by atoms with E-state index in [1.807, 2.05) is 18.7 Å². The van der Waals surface area contributed by atoms with Gasteiger partial charge >= 0.3 is 0 Å². The molecule has 1 atom stereocenters. The van der Waals surface area contributed by atoms with Gasteiger partial charge in [0, 0.05) is 31.2 Å². The molecule has 0 aliphatic carbocycles. The molecule has 1 amide bonds. The van der Waals surface area contributed by atoms with E-state index in [1.54, 1.807) is 12.1 Å².